The Labute approximate surface area is 91.9 Å². The van der Waals surface area contributed by atoms with Crippen molar-refractivity contribution in [2.75, 3.05) is 0 Å². The molecule has 2 heteroatoms. The molecule has 0 aliphatic heterocycles. The third-order valence-corrected chi connectivity index (χ3v) is 2.58. The summed E-state index contributed by atoms with van der Waals surface area (Å²) in [6.07, 6.45) is 0.819. The van der Waals surface area contributed by atoms with Crippen molar-refractivity contribution in [3.8, 4) is 5.75 Å². The SMILES string of the molecule is CCC(C)Oc1ccc([C@H](C)O)cc1C. The highest BCUT2D eigenvalue weighted by molar-refractivity contribution is 5.37. The van der Waals surface area contributed by atoms with Gasteiger partial charge < -0.3 is 9.84 Å². The van der Waals surface area contributed by atoms with Gasteiger partial charge in [-0.3, -0.25) is 0 Å². The standard InChI is InChI=1S/C13H20O2/c1-5-10(3)15-13-7-6-12(11(4)14)8-9(13)2/h6-8,10-11,14H,5H2,1-4H3/t10?,11-/m0/s1. The van der Waals surface area contributed by atoms with Gasteiger partial charge in [0.1, 0.15) is 5.75 Å². The number of rotatable bonds is 4. The van der Waals surface area contributed by atoms with Crippen LogP contribution in [0.2, 0.25) is 0 Å². The van der Waals surface area contributed by atoms with E-state index in [2.05, 4.69) is 13.8 Å². The van der Waals surface area contributed by atoms with E-state index in [1.54, 1.807) is 6.92 Å². The molecule has 0 fully saturated rings. The van der Waals surface area contributed by atoms with E-state index in [0.717, 1.165) is 23.3 Å². The van der Waals surface area contributed by atoms with Crippen LogP contribution in [0.4, 0.5) is 0 Å². The first kappa shape index (κ1) is 12.1. The molecule has 0 radical (unpaired) electrons. The first-order valence-corrected chi connectivity index (χ1v) is 5.49. The highest BCUT2D eigenvalue weighted by Gasteiger charge is 2.07. The fraction of sp³-hybridized carbons (Fsp3) is 0.538. The van der Waals surface area contributed by atoms with Gasteiger partial charge in [0.25, 0.3) is 0 Å². The second-order valence-corrected chi connectivity index (χ2v) is 4.04. The average Bonchev–Trinajstić information content (AvgIpc) is 2.20. The number of aryl methyl sites for hydroxylation is 1. The number of aliphatic hydroxyl groups is 1. The van der Waals surface area contributed by atoms with Gasteiger partial charge in [-0.2, -0.15) is 0 Å². The van der Waals surface area contributed by atoms with E-state index >= 15 is 0 Å². The van der Waals surface area contributed by atoms with Gasteiger partial charge in [0.15, 0.2) is 0 Å². The molecule has 84 valence electrons. The number of benzene rings is 1. The van der Waals surface area contributed by atoms with Crippen molar-refractivity contribution in [2.24, 2.45) is 0 Å². The molecule has 2 atom stereocenters. The van der Waals surface area contributed by atoms with Crippen LogP contribution in [-0.4, -0.2) is 11.2 Å². The molecule has 0 amide bonds. The first-order valence-electron chi connectivity index (χ1n) is 5.49. The second-order valence-electron chi connectivity index (χ2n) is 4.04. The third-order valence-electron chi connectivity index (χ3n) is 2.58. The predicted octanol–water partition coefficient (Wildman–Crippen LogP) is 3.23. The molecule has 0 heterocycles. The molecule has 0 saturated carbocycles. The van der Waals surface area contributed by atoms with E-state index in [1.807, 2.05) is 25.1 Å². The molecule has 1 N–H and O–H groups in total. The fourth-order valence-corrected chi connectivity index (χ4v) is 1.36. The number of ether oxygens (including phenoxy) is 1. The van der Waals surface area contributed by atoms with Gasteiger partial charge in [-0.15, -0.1) is 0 Å². The van der Waals surface area contributed by atoms with Crippen molar-refractivity contribution < 1.29 is 9.84 Å². The third kappa shape index (κ3) is 3.24. The Morgan fingerprint density at radius 2 is 2.00 bits per heavy atom. The Balaban J connectivity index is 2.83. The maximum atomic E-state index is 9.43. The van der Waals surface area contributed by atoms with Crippen molar-refractivity contribution >= 4 is 0 Å². The quantitative estimate of drug-likeness (QED) is 0.823. The number of hydrogen-bond donors (Lipinski definition) is 1. The summed E-state index contributed by atoms with van der Waals surface area (Å²) < 4.78 is 5.75. The molecule has 1 unspecified atom stereocenters. The van der Waals surface area contributed by atoms with E-state index < -0.39 is 6.10 Å². The summed E-state index contributed by atoms with van der Waals surface area (Å²) in [5.41, 5.74) is 2.01. The molecule has 0 aliphatic rings. The molecule has 0 bridgehead atoms. The van der Waals surface area contributed by atoms with Crippen molar-refractivity contribution in [1.29, 1.82) is 0 Å². The minimum atomic E-state index is -0.415. The van der Waals surface area contributed by atoms with E-state index in [-0.39, 0.29) is 6.10 Å². The molecular weight excluding hydrogens is 188 g/mol. The average molecular weight is 208 g/mol. The Bertz CT molecular complexity index is 318. The van der Waals surface area contributed by atoms with E-state index in [1.165, 1.54) is 0 Å². The van der Waals surface area contributed by atoms with Gasteiger partial charge in [0, 0.05) is 0 Å². The molecule has 15 heavy (non-hydrogen) atoms. The fourth-order valence-electron chi connectivity index (χ4n) is 1.36. The molecule has 0 aromatic heterocycles. The van der Waals surface area contributed by atoms with Crippen LogP contribution in [0.15, 0.2) is 18.2 Å². The lowest BCUT2D eigenvalue weighted by molar-refractivity contribution is 0.198. The topological polar surface area (TPSA) is 29.5 Å². The van der Waals surface area contributed by atoms with Crippen LogP contribution >= 0.6 is 0 Å². The molecule has 1 aromatic carbocycles. The van der Waals surface area contributed by atoms with Gasteiger partial charge in [-0.05, 0) is 50.5 Å². The van der Waals surface area contributed by atoms with Gasteiger partial charge in [-0.25, -0.2) is 0 Å². The second kappa shape index (κ2) is 5.17. The summed E-state index contributed by atoms with van der Waals surface area (Å²) in [6, 6.07) is 5.82. The van der Waals surface area contributed by atoms with Crippen LogP contribution in [0.1, 0.15) is 44.4 Å². The lowest BCUT2D eigenvalue weighted by Crippen LogP contribution is -2.10. The molecule has 0 spiro atoms. The smallest absolute Gasteiger partial charge is 0.122 e. The van der Waals surface area contributed by atoms with E-state index in [0.29, 0.717) is 0 Å². The van der Waals surface area contributed by atoms with Crippen molar-refractivity contribution in [3.63, 3.8) is 0 Å². The van der Waals surface area contributed by atoms with Crippen molar-refractivity contribution in [1.82, 2.24) is 0 Å². The lowest BCUT2D eigenvalue weighted by atomic mass is 10.1. The Morgan fingerprint density at radius 3 is 2.47 bits per heavy atom. The molecule has 2 nitrogen and oxygen atoms in total. The van der Waals surface area contributed by atoms with Crippen LogP contribution in [0.5, 0.6) is 5.75 Å². The Hall–Kier alpha value is -1.02. The first-order chi connectivity index (χ1) is 7.04. The normalized spacial score (nSPS) is 14.7. The summed E-state index contributed by atoms with van der Waals surface area (Å²) in [5.74, 6) is 0.911. The van der Waals surface area contributed by atoms with Crippen LogP contribution in [0, 0.1) is 6.92 Å². The van der Waals surface area contributed by atoms with Crippen LogP contribution < -0.4 is 4.74 Å². The molecule has 1 rings (SSSR count). The van der Waals surface area contributed by atoms with Crippen molar-refractivity contribution in [3.05, 3.63) is 29.3 Å². The predicted molar refractivity (Wildman–Crippen MR) is 62.2 cm³/mol. The van der Waals surface area contributed by atoms with Gasteiger partial charge in [-0.1, -0.05) is 13.0 Å². The number of aliphatic hydroxyl groups excluding tert-OH is 1. The monoisotopic (exact) mass is 208 g/mol. The highest BCUT2D eigenvalue weighted by Crippen LogP contribution is 2.23. The summed E-state index contributed by atoms with van der Waals surface area (Å²) in [5, 5.41) is 9.43. The Morgan fingerprint density at radius 1 is 1.33 bits per heavy atom. The zero-order valence-corrected chi connectivity index (χ0v) is 9.95. The van der Waals surface area contributed by atoms with Crippen molar-refractivity contribution in [2.45, 2.75) is 46.3 Å². The zero-order chi connectivity index (χ0) is 11.4. The van der Waals surface area contributed by atoms with Gasteiger partial charge in [0.05, 0.1) is 12.2 Å². The maximum Gasteiger partial charge on any atom is 0.122 e. The molecule has 1 aromatic rings. The summed E-state index contributed by atoms with van der Waals surface area (Å²) in [6.45, 7) is 7.93. The zero-order valence-electron chi connectivity index (χ0n) is 9.95. The van der Waals surface area contributed by atoms with Gasteiger partial charge in [0.2, 0.25) is 0 Å². The number of hydrogen-bond acceptors (Lipinski definition) is 2. The Kier molecular flexibility index (Phi) is 4.15. The van der Waals surface area contributed by atoms with E-state index in [4.69, 9.17) is 4.74 Å². The summed E-state index contributed by atoms with van der Waals surface area (Å²) in [4.78, 5) is 0. The molecule has 0 saturated heterocycles. The summed E-state index contributed by atoms with van der Waals surface area (Å²) >= 11 is 0. The maximum absolute atomic E-state index is 9.43. The van der Waals surface area contributed by atoms with Crippen LogP contribution in [0.3, 0.4) is 0 Å². The van der Waals surface area contributed by atoms with Gasteiger partial charge >= 0.3 is 0 Å². The summed E-state index contributed by atoms with van der Waals surface area (Å²) in [7, 11) is 0. The highest BCUT2D eigenvalue weighted by atomic mass is 16.5. The largest absolute Gasteiger partial charge is 0.490 e. The van der Waals surface area contributed by atoms with Crippen LogP contribution in [0.25, 0.3) is 0 Å². The molecule has 0 aliphatic carbocycles. The minimum absolute atomic E-state index is 0.237. The molecular formula is C13H20O2. The van der Waals surface area contributed by atoms with Crippen LogP contribution in [-0.2, 0) is 0 Å². The minimum Gasteiger partial charge on any atom is -0.490 e. The van der Waals surface area contributed by atoms with E-state index in [9.17, 15) is 5.11 Å². The lowest BCUT2D eigenvalue weighted by Gasteiger charge is -2.16.